The quantitative estimate of drug-likeness (QED) is 0.772. The van der Waals surface area contributed by atoms with Crippen molar-refractivity contribution in [3.05, 3.63) is 35.9 Å². The summed E-state index contributed by atoms with van der Waals surface area (Å²) in [6, 6.07) is 9.84. The molecule has 0 aliphatic rings. The smallest absolute Gasteiger partial charge is 0.303 e. The van der Waals surface area contributed by atoms with Crippen LogP contribution < -0.4 is 5.73 Å². The van der Waals surface area contributed by atoms with E-state index in [1.807, 2.05) is 37.3 Å². The Balaban J connectivity index is 2.72. The Morgan fingerprint density at radius 2 is 2.00 bits per heavy atom. The van der Waals surface area contributed by atoms with Crippen LogP contribution in [0.15, 0.2) is 30.3 Å². The maximum absolute atomic E-state index is 10.7. The van der Waals surface area contributed by atoms with E-state index in [1.54, 1.807) is 0 Å². The van der Waals surface area contributed by atoms with Crippen LogP contribution in [-0.4, -0.2) is 17.6 Å². The summed E-state index contributed by atoms with van der Waals surface area (Å²) >= 11 is 0. The summed E-state index contributed by atoms with van der Waals surface area (Å²) in [7, 11) is 0. The summed E-state index contributed by atoms with van der Waals surface area (Å²) in [5, 5.41) is 8.80. The highest BCUT2D eigenvalue weighted by Crippen LogP contribution is 2.25. The molecular weight excluding hydrogens is 190 g/mol. The molecule has 0 aromatic heterocycles. The monoisotopic (exact) mass is 207 g/mol. The lowest BCUT2D eigenvalue weighted by atomic mass is 9.81. The summed E-state index contributed by atoms with van der Waals surface area (Å²) in [6.45, 7) is 2.29. The standard InChI is InChI=1S/C12H17NO2/c1-12(9-13,8-11(14)15)7-10-5-3-2-4-6-10/h2-6H,7-9,13H2,1H3,(H,14,15)/t12-/m1/s1. The minimum absolute atomic E-state index is 0.110. The molecule has 0 saturated carbocycles. The fourth-order valence-electron chi connectivity index (χ4n) is 1.66. The molecule has 0 heterocycles. The van der Waals surface area contributed by atoms with E-state index >= 15 is 0 Å². The van der Waals surface area contributed by atoms with Gasteiger partial charge in [-0.15, -0.1) is 0 Å². The first-order chi connectivity index (χ1) is 7.06. The third kappa shape index (κ3) is 3.72. The maximum atomic E-state index is 10.7. The second kappa shape index (κ2) is 4.94. The van der Waals surface area contributed by atoms with Gasteiger partial charge in [-0.1, -0.05) is 37.3 Å². The molecule has 0 radical (unpaired) electrons. The number of carbonyl (C=O) groups is 1. The highest BCUT2D eigenvalue weighted by Gasteiger charge is 2.26. The van der Waals surface area contributed by atoms with Crippen molar-refractivity contribution >= 4 is 5.97 Å². The fraction of sp³-hybridized carbons (Fsp3) is 0.417. The van der Waals surface area contributed by atoms with Crippen LogP contribution in [0.25, 0.3) is 0 Å². The van der Waals surface area contributed by atoms with Crippen LogP contribution in [0.4, 0.5) is 0 Å². The minimum atomic E-state index is -0.793. The van der Waals surface area contributed by atoms with Gasteiger partial charge in [-0.05, 0) is 23.9 Å². The number of carboxylic acid groups (broad SMARTS) is 1. The first-order valence-electron chi connectivity index (χ1n) is 5.01. The van der Waals surface area contributed by atoms with Gasteiger partial charge in [0, 0.05) is 0 Å². The van der Waals surface area contributed by atoms with Gasteiger partial charge < -0.3 is 10.8 Å². The molecule has 0 unspecified atom stereocenters. The number of nitrogens with two attached hydrogens (primary N) is 1. The van der Waals surface area contributed by atoms with Gasteiger partial charge in [0.15, 0.2) is 0 Å². The van der Waals surface area contributed by atoms with Gasteiger partial charge in [0.1, 0.15) is 0 Å². The van der Waals surface area contributed by atoms with E-state index in [4.69, 9.17) is 10.8 Å². The van der Waals surface area contributed by atoms with E-state index in [1.165, 1.54) is 0 Å². The Bertz CT molecular complexity index is 324. The molecule has 0 bridgehead atoms. The van der Waals surface area contributed by atoms with Crippen molar-refractivity contribution in [1.29, 1.82) is 0 Å². The lowest BCUT2D eigenvalue weighted by Gasteiger charge is -2.26. The van der Waals surface area contributed by atoms with Crippen LogP contribution in [0.5, 0.6) is 0 Å². The largest absolute Gasteiger partial charge is 0.481 e. The molecule has 1 aromatic carbocycles. The number of aliphatic carboxylic acids is 1. The molecule has 1 atom stereocenters. The molecule has 1 aromatic rings. The molecule has 0 aliphatic carbocycles. The number of benzene rings is 1. The van der Waals surface area contributed by atoms with Crippen molar-refractivity contribution in [1.82, 2.24) is 0 Å². The third-order valence-electron chi connectivity index (χ3n) is 2.54. The van der Waals surface area contributed by atoms with Gasteiger partial charge in [0.25, 0.3) is 0 Å². The molecule has 82 valence electrons. The minimum Gasteiger partial charge on any atom is -0.481 e. The van der Waals surface area contributed by atoms with E-state index < -0.39 is 5.97 Å². The third-order valence-corrected chi connectivity index (χ3v) is 2.54. The van der Waals surface area contributed by atoms with E-state index in [2.05, 4.69) is 0 Å². The zero-order valence-electron chi connectivity index (χ0n) is 8.94. The van der Waals surface area contributed by atoms with Crippen LogP contribution in [0.1, 0.15) is 18.9 Å². The molecule has 3 N–H and O–H groups in total. The normalized spacial score (nSPS) is 14.5. The molecule has 0 spiro atoms. The number of hydrogen-bond donors (Lipinski definition) is 2. The van der Waals surface area contributed by atoms with Crippen LogP contribution in [0.2, 0.25) is 0 Å². The highest BCUT2D eigenvalue weighted by atomic mass is 16.4. The Morgan fingerprint density at radius 3 is 2.47 bits per heavy atom. The van der Waals surface area contributed by atoms with Gasteiger partial charge in [0.05, 0.1) is 6.42 Å². The van der Waals surface area contributed by atoms with Gasteiger partial charge in [-0.2, -0.15) is 0 Å². The van der Waals surface area contributed by atoms with Crippen LogP contribution >= 0.6 is 0 Å². The molecule has 3 heteroatoms. The number of carboxylic acids is 1. The Kier molecular flexibility index (Phi) is 3.86. The van der Waals surface area contributed by atoms with Crippen LogP contribution in [0, 0.1) is 5.41 Å². The predicted octanol–water partition coefficient (Wildman–Crippen LogP) is 1.67. The summed E-state index contributed by atoms with van der Waals surface area (Å²) < 4.78 is 0. The van der Waals surface area contributed by atoms with E-state index in [0.29, 0.717) is 13.0 Å². The van der Waals surface area contributed by atoms with Gasteiger partial charge in [0.2, 0.25) is 0 Å². The van der Waals surface area contributed by atoms with Crippen molar-refractivity contribution in [2.45, 2.75) is 19.8 Å². The van der Waals surface area contributed by atoms with Crippen molar-refractivity contribution < 1.29 is 9.90 Å². The van der Waals surface area contributed by atoms with E-state index in [0.717, 1.165) is 5.56 Å². The van der Waals surface area contributed by atoms with Crippen molar-refractivity contribution in [2.75, 3.05) is 6.54 Å². The second-order valence-electron chi connectivity index (χ2n) is 4.25. The Labute approximate surface area is 89.9 Å². The predicted molar refractivity (Wildman–Crippen MR) is 59.6 cm³/mol. The molecular formula is C12H17NO2. The molecule has 15 heavy (non-hydrogen) atoms. The Hall–Kier alpha value is -1.35. The van der Waals surface area contributed by atoms with Crippen LogP contribution in [-0.2, 0) is 11.2 Å². The first kappa shape index (κ1) is 11.7. The molecule has 0 aliphatic heterocycles. The second-order valence-corrected chi connectivity index (χ2v) is 4.25. The van der Waals surface area contributed by atoms with E-state index in [-0.39, 0.29) is 11.8 Å². The molecule has 0 fully saturated rings. The molecule has 0 amide bonds. The summed E-state index contributed by atoms with van der Waals surface area (Å²) in [5.41, 5.74) is 6.42. The lowest BCUT2D eigenvalue weighted by molar-refractivity contribution is -0.139. The van der Waals surface area contributed by atoms with Crippen molar-refractivity contribution in [2.24, 2.45) is 11.1 Å². The summed E-state index contributed by atoms with van der Waals surface area (Å²) in [5.74, 6) is -0.793. The first-order valence-corrected chi connectivity index (χ1v) is 5.01. The molecule has 3 nitrogen and oxygen atoms in total. The average molecular weight is 207 g/mol. The number of hydrogen-bond acceptors (Lipinski definition) is 2. The zero-order chi connectivity index (χ0) is 11.3. The van der Waals surface area contributed by atoms with Crippen molar-refractivity contribution in [3.63, 3.8) is 0 Å². The highest BCUT2D eigenvalue weighted by molar-refractivity contribution is 5.67. The zero-order valence-corrected chi connectivity index (χ0v) is 8.94. The topological polar surface area (TPSA) is 63.3 Å². The van der Waals surface area contributed by atoms with Gasteiger partial charge >= 0.3 is 5.97 Å². The fourth-order valence-corrected chi connectivity index (χ4v) is 1.66. The summed E-state index contributed by atoms with van der Waals surface area (Å²) in [4.78, 5) is 10.7. The summed E-state index contributed by atoms with van der Waals surface area (Å²) in [6.07, 6.45) is 0.815. The number of rotatable bonds is 5. The van der Waals surface area contributed by atoms with E-state index in [9.17, 15) is 4.79 Å². The Morgan fingerprint density at radius 1 is 1.40 bits per heavy atom. The molecule has 0 saturated heterocycles. The van der Waals surface area contributed by atoms with Crippen LogP contribution in [0.3, 0.4) is 0 Å². The van der Waals surface area contributed by atoms with Gasteiger partial charge in [-0.3, -0.25) is 4.79 Å². The van der Waals surface area contributed by atoms with Gasteiger partial charge in [-0.25, -0.2) is 0 Å². The average Bonchev–Trinajstić information content (AvgIpc) is 2.18. The van der Waals surface area contributed by atoms with Crippen molar-refractivity contribution in [3.8, 4) is 0 Å². The molecule has 1 rings (SSSR count). The lowest BCUT2D eigenvalue weighted by Crippen LogP contribution is -2.32. The SMILES string of the molecule is C[C@](CN)(CC(=O)O)Cc1ccccc1. The maximum Gasteiger partial charge on any atom is 0.303 e.